The lowest BCUT2D eigenvalue weighted by Crippen LogP contribution is -2.22. The van der Waals surface area contributed by atoms with Gasteiger partial charge < -0.3 is 9.47 Å². The van der Waals surface area contributed by atoms with E-state index in [1.807, 2.05) is 13.8 Å². The zero-order valence-electron chi connectivity index (χ0n) is 9.04. The van der Waals surface area contributed by atoms with Crippen LogP contribution in [0.3, 0.4) is 0 Å². The normalized spacial score (nSPS) is 11.9. The average molecular weight is 218 g/mol. The summed E-state index contributed by atoms with van der Waals surface area (Å²) < 4.78 is 10.3. The summed E-state index contributed by atoms with van der Waals surface area (Å²) in [7, 11) is 0. The van der Waals surface area contributed by atoms with Gasteiger partial charge in [-0.05, 0) is 25.1 Å². The highest BCUT2D eigenvalue weighted by molar-refractivity contribution is 7.80. The maximum atomic E-state index is 11.2. The van der Waals surface area contributed by atoms with Gasteiger partial charge in [0.25, 0.3) is 0 Å². The molecule has 0 fully saturated rings. The summed E-state index contributed by atoms with van der Waals surface area (Å²) in [5, 5.41) is 0.410. The van der Waals surface area contributed by atoms with Crippen molar-refractivity contribution >= 4 is 23.2 Å². The van der Waals surface area contributed by atoms with Gasteiger partial charge in [0.2, 0.25) is 6.29 Å². The van der Waals surface area contributed by atoms with Crippen molar-refractivity contribution in [2.75, 3.05) is 0 Å². The Morgan fingerprint density at radius 2 is 1.93 bits per heavy atom. The zero-order chi connectivity index (χ0) is 11.0. The van der Waals surface area contributed by atoms with Gasteiger partial charge in [-0.1, -0.05) is 13.8 Å². The molecular formula is C10H18O3S. The number of thiocarbonyl (C=S) groups is 1. The number of carbonyl (C=O) groups is 1. The summed E-state index contributed by atoms with van der Waals surface area (Å²) in [4.78, 5) is 11.2. The van der Waals surface area contributed by atoms with E-state index in [1.165, 1.54) is 0 Å². The molecule has 0 aliphatic rings. The third-order valence-corrected chi connectivity index (χ3v) is 1.64. The molecule has 3 nitrogen and oxygen atoms in total. The summed E-state index contributed by atoms with van der Waals surface area (Å²) in [6.07, 6.45) is 2.29. The second kappa shape index (κ2) is 7.74. The van der Waals surface area contributed by atoms with E-state index in [4.69, 9.17) is 21.7 Å². The highest BCUT2D eigenvalue weighted by Crippen LogP contribution is 2.07. The van der Waals surface area contributed by atoms with Gasteiger partial charge in [0.15, 0.2) is 5.05 Å². The molecule has 0 rings (SSSR count). The van der Waals surface area contributed by atoms with Crippen molar-refractivity contribution in [1.82, 2.24) is 0 Å². The van der Waals surface area contributed by atoms with E-state index in [0.29, 0.717) is 17.9 Å². The van der Waals surface area contributed by atoms with Crippen molar-refractivity contribution in [3.63, 3.8) is 0 Å². The molecule has 0 N–H and O–H groups in total. The Kier molecular flexibility index (Phi) is 7.38. The van der Waals surface area contributed by atoms with Crippen molar-refractivity contribution in [1.29, 1.82) is 0 Å². The monoisotopic (exact) mass is 218 g/mol. The summed E-state index contributed by atoms with van der Waals surface area (Å²) in [6, 6.07) is 0. The van der Waals surface area contributed by atoms with Crippen LogP contribution in [0.4, 0.5) is 0 Å². The predicted molar refractivity (Wildman–Crippen MR) is 59.1 cm³/mol. The molecule has 0 saturated carbocycles. The Morgan fingerprint density at radius 3 is 2.36 bits per heavy atom. The van der Waals surface area contributed by atoms with Crippen molar-refractivity contribution in [2.45, 2.75) is 52.7 Å². The zero-order valence-corrected chi connectivity index (χ0v) is 9.86. The van der Waals surface area contributed by atoms with Gasteiger partial charge in [0.05, 0.1) is 0 Å². The summed E-state index contributed by atoms with van der Waals surface area (Å²) in [5.41, 5.74) is 0. The smallest absolute Gasteiger partial charge is 0.308 e. The molecule has 0 heterocycles. The second-order valence-corrected chi connectivity index (χ2v) is 3.64. The van der Waals surface area contributed by atoms with E-state index in [-0.39, 0.29) is 5.97 Å². The Hall–Kier alpha value is -0.640. The first kappa shape index (κ1) is 13.4. The van der Waals surface area contributed by atoms with Gasteiger partial charge in [-0.2, -0.15) is 0 Å². The van der Waals surface area contributed by atoms with Crippen LogP contribution in [0.1, 0.15) is 46.5 Å². The van der Waals surface area contributed by atoms with Crippen molar-refractivity contribution < 1.29 is 14.3 Å². The van der Waals surface area contributed by atoms with E-state index >= 15 is 0 Å². The maximum Gasteiger partial charge on any atom is 0.308 e. The van der Waals surface area contributed by atoms with Crippen LogP contribution in [0, 0.1) is 0 Å². The van der Waals surface area contributed by atoms with E-state index < -0.39 is 6.29 Å². The van der Waals surface area contributed by atoms with E-state index in [0.717, 1.165) is 12.8 Å². The highest BCUT2D eigenvalue weighted by atomic mass is 32.1. The number of esters is 1. The average Bonchev–Trinajstić information content (AvgIpc) is 2.03. The Morgan fingerprint density at radius 1 is 1.29 bits per heavy atom. The molecule has 1 atom stereocenters. The maximum absolute atomic E-state index is 11.2. The first-order valence-electron chi connectivity index (χ1n) is 4.96. The molecule has 0 radical (unpaired) electrons. The van der Waals surface area contributed by atoms with Gasteiger partial charge in [-0.3, -0.25) is 4.79 Å². The van der Waals surface area contributed by atoms with E-state index in [2.05, 4.69) is 0 Å². The van der Waals surface area contributed by atoms with Crippen LogP contribution in [0.2, 0.25) is 0 Å². The SMILES string of the molecule is CCCC(=O)OC(CCC)OC(C)=S. The van der Waals surface area contributed by atoms with Crippen LogP contribution >= 0.6 is 12.2 Å². The lowest BCUT2D eigenvalue weighted by atomic mass is 10.3. The van der Waals surface area contributed by atoms with Gasteiger partial charge in [0, 0.05) is 19.8 Å². The molecule has 0 aromatic carbocycles. The molecule has 82 valence electrons. The fraction of sp³-hybridized carbons (Fsp3) is 0.800. The third kappa shape index (κ3) is 6.83. The topological polar surface area (TPSA) is 35.5 Å². The standard InChI is InChI=1S/C10H18O3S/c1-4-6-9(11)13-10(7-5-2)12-8(3)14/h10H,4-7H2,1-3H3. The lowest BCUT2D eigenvalue weighted by molar-refractivity contribution is -0.166. The predicted octanol–water partition coefficient (Wildman–Crippen LogP) is 2.82. The van der Waals surface area contributed by atoms with Crippen LogP contribution in [0.15, 0.2) is 0 Å². The Balaban J connectivity index is 3.94. The Labute approximate surface area is 90.8 Å². The molecule has 0 aromatic heterocycles. The first-order chi connectivity index (χ1) is 6.60. The third-order valence-electron chi connectivity index (χ3n) is 1.54. The molecule has 0 aliphatic heterocycles. The van der Waals surface area contributed by atoms with Crippen molar-refractivity contribution in [3.8, 4) is 0 Å². The van der Waals surface area contributed by atoms with Crippen LogP contribution in [-0.4, -0.2) is 17.3 Å². The molecule has 14 heavy (non-hydrogen) atoms. The molecule has 0 amide bonds. The molecule has 1 unspecified atom stereocenters. The van der Waals surface area contributed by atoms with Crippen LogP contribution in [-0.2, 0) is 14.3 Å². The minimum absolute atomic E-state index is 0.220. The van der Waals surface area contributed by atoms with Gasteiger partial charge >= 0.3 is 5.97 Å². The van der Waals surface area contributed by atoms with Gasteiger partial charge in [-0.15, -0.1) is 0 Å². The molecule has 0 saturated heterocycles. The van der Waals surface area contributed by atoms with Gasteiger partial charge in [0.1, 0.15) is 0 Å². The number of ether oxygens (including phenoxy) is 2. The number of rotatable bonds is 6. The van der Waals surface area contributed by atoms with E-state index in [9.17, 15) is 4.79 Å². The van der Waals surface area contributed by atoms with Crippen molar-refractivity contribution in [3.05, 3.63) is 0 Å². The molecular weight excluding hydrogens is 200 g/mol. The summed E-state index contributed by atoms with van der Waals surface area (Å²) >= 11 is 4.79. The van der Waals surface area contributed by atoms with Crippen LogP contribution in [0.25, 0.3) is 0 Å². The molecule has 0 aliphatic carbocycles. The van der Waals surface area contributed by atoms with Crippen molar-refractivity contribution in [2.24, 2.45) is 0 Å². The first-order valence-corrected chi connectivity index (χ1v) is 5.37. The largest absolute Gasteiger partial charge is 0.449 e. The van der Waals surface area contributed by atoms with E-state index in [1.54, 1.807) is 6.92 Å². The minimum atomic E-state index is -0.503. The highest BCUT2D eigenvalue weighted by Gasteiger charge is 2.14. The number of hydrogen-bond acceptors (Lipinski definition) is 4. The Bertz CT molecular complexity index is 192. The van der Waals surface area contributed by atoms with Crippen LogP contribution < -0.4 is 0 Å². The number of carbonyl (C=O) groups excluding carboxylic acids is 1. The molecule has 0 aromatic rings. The van der Waals surface area contributed by atoms with Gasteiger partial charge in [-0.25, -0.2) is 0 Å². The molecule has 0 bridgehead atoms. The fourth-order valence-corrected chi connectivity index (χ4v) is 1.08. The lowest BCUT2D eigenvalue weighted by Gasteiger charge is -2.17. The fourth-order valence-electron chi connectivity index (χ4n) is 0.972. The molecule has 4 heteroatoms. The minimum Gasteiger partial charge on any atom is -0.449 e. The number of hydrogen-bond donors (Lipinski definition) is 0. The second-order valence-electron chi connectivity index (χ2n) is 3.07. The van der Waals surface area contributed by atoms with Crippen LogP contribution in [0.5, 0.6) is 0 Å². The molecule has 0 spiro atoms. The summed E-state index contributed by atoms with van der Waals surface area (Å²) in [6.45, 7) is 5.61. The quantitative estimate of drug-likeness (QED) is 0.390. The summed E-state index contributed by atoms with van der Waals surface area (Å²) in [5.74, 6) is -0.220.